The molecular weight excluding hydrogens is 232 g/mol. The highest BCUT2D eigenvalue weighted by Crippen LogP contribution is 2.23. The van der Waals surface area contributed by atoms with E-state index in [9.17, 15) is 9.59 Å². The van der Waals surface area contributed by atoms with E-state index in [-0.39, 0.29) is 12.8 Å². The molecule has 0 bridgehead atoms. The van der Waals surface area contributed by atoms with Crippen molar-refractivity contribution in [3.63, 3.8) is 0 Å². The summed E-state index contributed by atoms with van der Waals surface area (Å²) in [7, 11) is 0. The van der Waals surface area contributed by atoms with Crippen LogP contribution in [0.3, 0.4) is 0 Å². The summed E-state index contributed by atoms with van der Waals surface area (Å²) in [5, 5.41) is 16.3. The highest BCUT2D eigenvalue weighted by Gasteiger charge is 2.04. The molecule has 2 rings (SSSR count). The van der Waals surface area contributed by atoms with Crippen LogP contribution in [-0.2, 0) is 9.59 Å². The molecule has 0 heterocycles. The van der Waals surface area contributed by atoms with E-state index in [1.165, 1.54) is 11.1 Å². The number of hydrogen-bond acceptors (Lipinski definition) is 2. The number of fused-ring (bicyclic) bond motifs is 1. The van der Waals surface area contributed by atoms with Crippen LogP contribution < -0.4 is 0 Å². The maximum absolute atomic E-state index is 9.90. The molecule has 96 valence electrons. The van der Waals surface area contributed by atoms with Gasteiger partial charge in [0.25, 0.3) is 0 Å². The van der Waals surface area contributed by atoms with E-state index in [0.29, 0.717) is 12.8 Å². The van der Waals surface area contributed by atoms with E-state index in [1.54, 1.807) is 0 Å². The number of carboxylic acids is 2. The number of aliphatic carboxylic acids is 2. The van der Waals surface area contributed by atoms with E-state index >= 15 is 0 Å². The summed E-state index contributed by atoms with van der Waals surface area (Å²) >= 11 is 0. The van der Waals surface area contributed by atoms with E-state index in [1.807, 2.05) is 0 Å². The lowest BCUT2D eigenvalue weighted by Crippen LogP contribution is -1.97. The first-order valence-corrected chi connectivity index (χ1v) is 5.80. The van der Waals surface area contributed by atoms with Gasteiger partial charge in [0.1, 0.15) is 0 Å². The summed E-state index contributed by atoms with van der Waals surface area (Å²) in [6.07, 6.45) is 13.6. The third-order valence-electron chi connectivity index (χ3n) is 2.47. The van der Waals surface area contributed by atoms with Crippen molar-refractivity contribution in [1.29, 1.82) is 0 Å². The molecule has 0 aliphatic heterocycles. The molecule has 0 unspecified atom stereocenters. The Labute approximate surface area is 106 Å². The molecule has 2 N–H and O–H groups in total. The summed E-state index contributed by atoms with van der Waals surface area (Å²) in [5.41, 5.74) is 2.70. The second kappa shape index (κ2) is 7.27. The molecule has 0 fully saturated rings. The SMILES string of the molecule is C1=CC2=CC=CC2=C1.O=C(O)CCCCC(=O)O. The monoisotopic (exact) mass is 248 g/mol. The van der Waals surface area contributed by atoms with Crippen LogP contribution in [0.15, 0.2) is 47.6 Å². The largest absolute Gasteiger partial charge is 0.481 e. The molecule has 0 atom stereocenters. The third-order valence-corrected chi connectivity index (χ3v) is 2.47. The van der Waals surface area contributed by atoms with Gasteiger partial charge in [0.15, 0.2) is 0 Å². The van der Waals surface area contributed by atoms with Gasteiger partial charge in [-0.3, -0.25) is 9.59 Å². The van der Waals surface area contributed by atoms with Gasteiger partial charge in [-0.05, 0) is 24.0 Å². The van der Waals surface area contributed by atoms with E-state index in [2.05, 4.69) is 36.5 Å². The van der Waals surface area contributed by atoms with Crippen LogP contribution in [-0.4, -0.2) is 22.2 Å². The quantitative estimate of drug-likeness (QED) is 0.733. The number of rotatable bonds is 5. The Balaban J connectivity index is 0.000000182. The number of unbranched alkanes of at least 4 members (excludes halogenated alkanes) is 1. The molecule has 4 nitrogen and oxygen atoms in total. The highest BCUT2D eigenvalue weighted by molar-refractivity contribution is 5.67. The summed E-state index contributed by atoms with van der Waals surface area (Å²) in [5.74, 6) is -1.74. The summed E-state index contributed by atoms with van der Waals surface area (Å²) in [6.45, 7) is 0. The lowest BCUT2D eigenvalue weighted by molar-refractivity contribution is -0.139. The number of hydrogen-bond donors (Lipinski definition) is 2. The smallest absolute Gasteiger partial charge is 0.303 e. The van der Waals surface area contributed by atoms with Gasteiger partial charge in [0.05, 0.1) is 0 Å². The molecule has 18 heavy (non-hydrogen) atoms. The van der Waals surface area contributed by atoms with Crippen molar-refractivity contribution < 1.29 is 19.8 Å². The lowest BCUT2D eigenvalue weighted by Gasteiger charge is -1.92. The first-order chi connectivity index (χ1) is 8.59. The Morgan fingerprint density at radius 3 is 1.56 bits per heavy atom. The Morgan fingerprint density at radius 1 is 0.833 bits per heavy atom. The Kier molecular flexibility index (Phi) is 5.64. The number of carboxylic acid groups (broad SMARTS) is 2. The maximum atomic E-state index is 9.90. The van der Waals surface area contributed by atoms with Crippen LogP contribution in [0.1, 0.15) is 25.7 Å². The minimum atomic E-state index is -0.870. The Bertz CT molecular complexity index is 397. The van der Waals surface area contributed by atoms with Gasteiger partial charge in [-0.25, -0.2) is 0 Å². The van der Waals surface area contributed by atoms with Crippen LogP contribution >= 0.6 is 0 Å². The van der Waals surface area contributed by atoms with Crippen LogP contribution in [0.2, 0.25) is 0 Å². The van der Waals surface area contributed by atoms with Crippen LogP contribution in [0.4, 0.5) is 0 Å². The number of allylic oxidation sites excluding steroid dienone is 8. The molecule has 2 aliphatic rings. The molecule has 0 saturated heterocycles. The minimum Gasteiger partial charge on any atom is -0.481 e. The Morgan fingerprint density at radius 2 is 1.22 bits per heavy atom. The first kappa shape index (κ1) is 14.0. The lowest BCUT2D eigenvalue weighted by atomic mass is 10.2. The molecule has 0 aromatic rings. The predicted molar refractivity (Wildman–Crippen MR) is 68.2 cm³/mol. The van der Waals surface area contributed by atoms with Crippen molar-refractivity contribution in [2.75, 3.05) is 0 Å². The zero-order valence-corrected chi connectivity index (χ0v) is 10.0. The van der Waals surface area contributed by atoms with Crippen molar-refractivity contribution in [2.24, 2.45) is 0 Å². The average Bonchev–Trinajstić information content (AvgIpc) is 2.87. The normalized spacial score (nSPS) is 14.4. The molecule has 0 spiro atoms. The molecular formula is C14H16O4. The molecule has 0 aromatic heterocycles. The van der Waals surface area contributed by atoms with Crippen LogP contribution in [0, 0.1) is 0 Å². The van der Waals surface area contributed by atoms with Crippen molar-refractivity contribution in [3.8, 4) is 0 Å². The van der Waals surface area contributed by atoms with Crippen molar-refractivity contribution >= 4 is 11.9 Å². The molecule has 0 aromatic carbocycles. The van der Waals surface area contributed by atoms with E-state index in [4.69, 9.17) is 10.2 Å². The molecule has 4 heteroatoms. The van der Waals surface area contributed by atoms with Gasteiger partial charge in [-0.15, -0.1) is 0 Å². The zero-order valence-electron chi connectivity index (χ0n) is 10.0. The summed E-state index contributed by atoms with van der Waals surface area (Å²) in [4.78, 5) is 19.8. The van der Waals surface area contributed by atoms with E-state index in [0.717, 1.165) is 0 Å². The van der Waals surface area contributed by atoms with Crippen molar-refractivity contribution in [1.82, 2.24) is 0 Å². The fourth-order valence-electron chi connectivity index (χ4n) is 1.56. The molecule has 0 radical (unpaired) electrons. The summed E-state index contributed by atoms with van der Waals surface area (Å²) in [6, 6.07) is 0. The van der Waals surface area contributed by atoms with Crippen molar-refractivity contribution in [2.45, 2.75) is 25.7 Å². The van der Waals surface area contributed by atoms with Gasteiger partial charge in [0, 0.05) is 12.8 Å². The minimum absolute atomic E-state index is 0.0628. The topological polar surface area (TPSA) is 74.6 Å². The highest BCUT2D eigenvalue weighted by atomic mass is 16.4. The molecule has 2 aliphatic carbocycles. The molecule has 0 amide bonds. The number of carbonyl (C=O) groups is 2. The zero-order chi connectivity index (χ0) is 13.4. The predicted octanol–water partition coefficient (Wildman–Crippen LogP) is 2.69. The van der Waals surface area contributed by atoms with Crippen LogP contribution in [0.5, 0.6) is 0 Å². The van der Waals surface area contributed by atoms with Gasteiger partial charge < -0.3 is 10.2 Å². The Hall–Kier alpha value is -2.10. The standard InChI is InChI=1S/C8H6.C6H10O4/c1-3-7-5-2-6-8(7)4-1;7-5(8)3-1-2-4-6(9)10/h1-6H;1-4H2,(H,7,8)(H,9,10). The molecule has 0 saturated carbocycles. The summed E-state index contributed by atoms with van der Waals surface area (Å²) < 4.78 is 0. The second-order valence-electron chi connectivity index (χ2n) is 3.96. The van der Waals surface area contributed by atoms with Gasteiger partial charge >= 0.3 is 11.9 Å². The van der Waals surface area contributed by atoms with Gasteiger partial charge in [0.2, 0.25) is 0 Å². The first-order valence-electron chi connectivity index (χ1n) is 5.80. The maximum Gasteiger partial charge on any atom is 0.303 e. The van der Waals surface area contributed by atoms with Gasteiger partial charge in [-0.2, -0.15) is 0 Å². The fraction of sp³-hybridized carbons (Fsp3) is 0.286. The van der Waals surface area contributed by atoms with E-state index < -0.39 is 11.9 Å². The second-order valence-corrected chi connectivity index (χ2v) is 3.96. The fourth-order valence-corrected chi connectivity index (χ4v) is 1.56. The van der Waals surface area contributed by atoms with Crippen molar-refractivity contribution in [3.05, 3.63) is 47.6 Å². The van der Waals surface area contributed by atoms with Crippen LogP contribution in [0.25, 0.3) is 0 Å². The average molecular weight is 248 g/mol. The third kappa shape index (κ3) is 5.30. The van der Waals surface area contributed by atoms with Gasteiger partial charge in [-0.1, -0.05) is 36.5 Å².